The molecule has 0 unspecified atom stereocenters. The third-order valence-electron chi connectivity index (χ3n) is 8.34. The fourth-order valence-electron chi connectivity index (χ4n) is 5.84. The molecule has 4 aromatic carbocycles. The fraction of sp³-hybridized carbons (Fsp3) is 0.125. The van der Waals surface area contributed by atoms with Crippen molar-refractivity contribution in [3.05, 3.63) is 133 Å². The minimum absolute atomic E-state index is 0. The quantitative estimate of drug-likeness (QED) is 0.0985. The molecule has 49 heavy (non-hydrogen) atoms. The number of pyridine rings is 2. The third-order valence-corrected chi connectivity index (χ3v) is 10.4. The van der Waals surface area contributed by atoms with Gasteiger partial charge in [-0.25, -0.2) is 4.39 Å². The second kappa shape index (κ2) is 14.0. The minimum atomic E-state index is -1.23. The molecule has 0 aliphatic carbocycles. The molecule has 0 saturated carbocycles. The largest absolute Gasteiger partial charge is 0.486 e. The van der Waals surface area contributed by atoms with E-state index in [1.807, 2.05) is 60.8 Å². The minimum Gasteiger partial charge on any atom is -0.486 e. The SMILES string of the molecule is CCn1c(-c2[c-]cc(-c3ccc(F)cc3)c3c2oc2nc(F)ccc23)nc2ccccc21.C[Si](C)(C)c1ccc(-c2[c-]cccc2)nc1.[Ir]. The first-order valence-electron chi connectivity index (χ1n) is 15.8. The van der Waals surface area contributed by atoms with E-state index in [9.17, 15) is 8.78 Å². The summed E-state index contributed by atoms with van der Waals surface area (Å²) in [5.41, 5.74) is 6.93. The van der Waals surface area contributed by atoms with Crippen LogP contribution in [0.2, 0.25) is 19.6 Å². The van der Waals surface area contributed by atoms with Gasteiger partial charge in [-0.1, -0.05) is 72.7 Å². The zero-order valence-electron chi connectivity index (χ0n) is 27.4. The molecule has 1 radical (unpaired) electrons. The Morgan fingerprint density at radius 3 is 2.31 bits per heavy atom. The van der Waals surface area contributed by atoms with E-state index in [4.69, 9.17) is 9.40 Å². The number of aryl methyl sites for hydroxylation is 1. The number of benzene rings is 4. The van der Waals surface area contributed by atoms with E-state index in [2.05, 4.69) is 65.4 Å². The van der Waals surface area contributed by atoms with Crippen molar-refractivity contribution in [2.45, 2.75) is 33.1 Å². The predicted octanol–water partition coefficient (Wildman–Crippen LogP) is 9.85. The van der Waals surface area contributed by atoms with Crippen LogP contribution in [0.25, 0.3) is 66.9 Å². The van der Waals surface area contributed by atoms with Crippen LogP contribution in [0.3, 0.4) is 0 Å². The van der Waals surface area contributed by atoms with Crippen molar-refractivity contribution in [3.8, 4) is 33.8 Å². The molecule has 9 heteroatoms. The summed E-state index contributed by atoms with van der Waals surface area (Å²) in [6, 6.07) is 37.7. The van der Waals surface area contributed by atoms with Gasteiger partial charge in [-0.15, -0.1) is 48.0 Å². The summed E-state index contributed by atoms with van der Waals surface area (Å²) in [5.74, 6) is -0.224. The monoisotopic (exact) mass is 843 g/mol. The maximum Gasteiger partial charge on any atom is 0.218 e. The summed E-state index contributed by atoms with van der Waals surface area (Å²) >= 11 is 0. The summed E-state index contributed by atoms with van der Waals surface area (Å²) in [6.45, 7) is 9.75. The molecule has 4 heterocycles. The maximum atomic E-state index is 13.9. The Hall–Kier alpha value is -4.82. The summed E-state index contributed by atoms with van der Waals surface area (Å²) in [6.07, 6.45) is 2.02. The average molecular weight is 843 g/mol. The van der Waals surface area contributed by atoms with Gasteiger partial charge in [0.15, 0.2) is 0 Å². The van der Waals surface area contributed by atoms with E-state index in [0.29, 0.717) is 28.9 Å². The van der Waals surface area contributed by atoms with Crippen LogP contribution >= 0.6 is 0 Å². The van der Waals surface area contributed by atoms with Gasteiger partial charge < -0.3 is 14.0 Å². The van der Waals surface area contributed by atoms with Gasteiger partial charge in [0, 0.05) is 38.2 Å². The topological polar surface area (TPSA) is 56.7 Å². The number of hydrogen-bond donors (Lipinski definition) is 0. The molecular formula is C40H32F2IrN4OSi-2. The zero-order valence-corrected chi connectivity index (χ0v) is 30.8. The van der Waals surface area contributed by atoms with Crippen LogP contribution < -0.4 is 5.19 Å². The number of halogens is 2. The Kier molecular flexibility index (Phi) is 9.70. The molecule has 4 aromatic heterocycles. The van der Waals surface area contributed by atoms with Crippen LogP contribution in [0, 0.1) is 23.9 Å². The molecule has 0 fully saturated rings. The molecule has 0 N–H and O–H groups in total. The normalized spacial score (nSPS) is 11.4. The second-order valence-corrected chi connectivity index (χ2v) is 17.6. The summed E-state index contributed by atoms with van der Waals surface area (Å²) < 4.78 is 35.6. The molecule has 0 spiro atoms. The van der Waals surface area contributed by atoms with E-state index in [1.54, 1.807) is 18.2 Å². The average Bonchev–Trinajstić information content (AvgIpc) is 3.67. The van der Waals surface area contributed by atoms with E-state index in [1.165, 1.54) is 23.4 Å². The Morgan fingerprint density at radius 2 is 1.61 bits per heavy atom. The first-order valence-corrected chi connectivity index (χ1v) is 19.3. The van der Waals surface area contributed by atoms with Gasteiger partial charge in [0.1, 0.15) is 5.82 Å². The molecule has 0 bridgehead atoms. The van der Waals surface area contributed by atoms with Crippen molar-refractivity contribution in [2.24, 2.45) is 0 Å². The predicted molar refractivity (Wildman–Crippen MR) is 192 cm³/mol. The van der Waals surface area contributed by atoms with Gasteiger partial charge in [0.05, 0.1) is 30.5 Å². The van der Waals surface area contributed by atoms with Crippen LogP contribution in [0.15, 0.2) is 114 Å². The number of imidazole rings is 1. The van der Waals surface area contributed by atoms with Crippen molar-refractivity contribution in [3.63, 3.8) is 0 Å². The van der Waals surface area contributed by atoms with E-state index in [0.717, 1.165) is 38.8 Å². The Bertz CT molecular complexity index is 2380. The van der Waals surface area contributed by atoms with Crippen LogP contribution in [-0.4, -0.2) is 27.6 Å². The van der Waals surface area contributed by atoms with Crippen molar-refractivity contribution >= 4 is 46.4 Å². The summed E-state index contributed by atoms with van der Waals surface area (Å²) in [5, 5.41) is 2.84. The smallest absolute Gasteiger partial charge is 0.218 e. The standard InChI is InChI=1S/C26H16F2N3O.C14H16NSi.Ir/c1-2-31-21-6-4-3-5-20(21)29-25(31)19-12-11-17(15-7-9-16(27)10-8-15)23-18-13-14-22(28)30-26(18)32-24(19)23;1-16(2,3)13-9-10-14(15-11-13)12-7-5-4-6-8-12;/h3-11,13-14H,2H2,1H3;4-7,9-11H,1-3H3;/q2*-1;. The van der Waals surface area contributed by atoms with Gasteiger partial charge in [-0.05, 0) is 59.6 Å². The van der Waals surface area contributed by atoms with Crippen molar-refractivity contribution < 1.29 is 33.3 Å². The first kappa shape index (κ1) is 34.1. The third kappa shape index (κ3) is 6.75. The van der Waals surface area contributed by atoms with E-state index in [-0.39, 0.29) is 31.6 Å². The Labute approximate surface area is 298 Å². The molecule has 0 amide bonds. The Morgan fingerprint density at radius 1 is 0.837 bits per heavy atom. The fourth-order valence-corrected chi connectivity index (χ4v) is 6.88. The second-order valence-electron chi connectivity index (χ2n) is 12.5. The van der Waals surface area contributed by atoms with Gasteiger partial charge >= 0.3 is 0 Å². The molecule has 0 atom stereocenters. The number of furan rings is 1. The van der Waals surface area contributed by atoms with Gasteiger partial charge in [-0.2, -0.15) is 9.37 Å². The molecule has 0 aliphatic rings. The van der Waals surface area contributed by atoms with Gasteiger partial charge in [0.2, 0.25) is 11.7 Å². The van der Waals surface area contributed by atoms with Crippen molar-refractivity contribution in [1.29, 1.82) is 0 Å². The molecular weight excluding hydrogens is 811 g/mol. The number of fused-ring (bicyclic) bond motifs is 4. The van der Waals surface area contributed by atoms with Crippen LogP contribution in [0.4, 0.5) is 8.78 Å². The molecule has 0 saturated heterocycles. The number of hydrogen-bond acceptors (Lipinski definition) is 4. The van der Waals surface area contributed by atoms with Crippen molar-refractivity contribution in [1.82, 2.24) is 19.5 Å². The molecule has 247 valence electrons. The Balaban J connectivity index is 0.000000208. The van der Waals surface area contributed by atoms with Crippen LogP contribution in [0.5, 0.6) is 0 Å². The maximum absolute atomic E-state index is 13.9. The van der Waals surface area contributed by atoms with Gasteiger partial charge in [-0.3, -0.25) is 4.98 Å². The molecule has 0 aliphatic heterocycles. The number of nitrogens with zero attached hydrogens (tertiary/aromatic N) is 4. The number of aromatic nitrogens is 4. The first-order chi connectivity index (χ1) is 23.2. The van der Waals surface area contributed by atoms with Crippen LogP contribution in [0.1, 0.15) is 6.92 Å². The number of para-hydroxylation sites is 2. The van der Waals surface area contributed by atoms with E-state index >= 15 is 0 Å². The zero-order chi connectivity index (χ0) is 33.4. The van der Waals surface area contributed by atoms with E-state index < -0.39 is 14.0 Å². The van der Waals surface area contributed by atoms with Gasteiger partial charge in [0.25, 0.3) is 0 Å². The summed E-state index contributed by atoms with van der Waals surface area (Å²) in [7, 11) is -1.23. The van der Waals surface area contributed by atoms with Crippen molar-refractivity contribution in [2.75, 3.05) is 0 Å². The molecule has 5 nitrogen and oxygen atoms in total. The number of rotatable bonds is 5. The summed E-state index contributed by atoms with van der Waals surface area (Å²) in [4.78, 5) is 13.3. The van der Waals surface area contributed by atoms with Crippen LogP contribution in [-0.2, 0) is 26.7 Å². The molecule has 8 aromatic rings. The molecule has 8 rings (SSSR count).